The molecule has 2 heterocycles. The second-order valence-electron chi connectivity index (χ2n) is 6.18. The van der Waals surface area contributed by atoms with Crippen LogP contribution in [0.25, 0.3) is 0 Å². The molecule has 5 heteroatoms. The molecule has 122 valence electrons. The zero-order chi connectivity index (χ0) is 16.4. The summed E-state index contributed by atoms with van der Waals surface area (Å²) < 4.78 is 5.50. The number of carbonyl (C=O) groups excluding carboxylic acids is 1. The summed E-state index contributed by atoms with van der Waals surface area (Å²) in [6.45, 7) is 7.26. The molecule has 1 saturated heterocycles. The van der Waals surface area contributed by atoms with E-state index in [4.69, 9.17) is 4.74 Å². The highest BCUT2D eigenvalue weighted by molar-refractivity contribution is 7.15. The number of thiazole rings is 1. The smallest absolute Gasteiger partial charge is 0.236 e. The third-order valence-corrected chi connectivity index (χ3v) is 5.62. The van der Waals surface area contributed by atoms with E-state index in [9.17, 15) is 4.79 Å². The van der Waals surface area contributed by atoms with Crippen LogP contribution in [0.4, 0.5) is 5.13 Å². The number of hydrogen-bond donors (Lipinski definition) is 1. The lowest BCUT2D eigenvalue weighted by atomic mass is 9.73. The van der Waals surface area contributed by atoms with Crippen LogP contribution in [-0.4, -0.2) is 24.1 Å². The number of nitrogens with zero attached hydrogens (tertiary/aromatic N) is 1. The van der Waals surface area contributed by atoms with Gasteiger partial charge in [0.1, 0.15) is 0 Å². The maximum absolute atomic E-state index is 13.1. The van der Waals surface area contributed by atoms with Crippen molar-refractivity contribution in [2.24, 2.45) is 0 Å². The van der Waals surface area contributed by atoms with E-state index in [1.54, 1.807) is 0 Å². The van der Waals surface area contributed by atoms with Gasteiger partial charge in [0.15, 0.2) is 5.13 Å². The fourth-order valence-corrected chi connectivity index (χ4v) is 3.79. The Kier molecular flexibility index (Phi) is 4.50. The second kappa shape index (κ2) is 6.42. The van der Waals surface area contributed by atoms with Crippen LogP contribution in [0.5, 0.6) is 0 Å². The van der Waals surface area contributed by atoms with Crippen LogP contribution in [0.1, 0.15) is 34.5 Å². The summed E-state index contributed by atoms with van der Waals surface area (Å²) in [6.07, 6.45) is 1.40. The Hall–Kier alpha value is -1.72. The highest BCUT2D eigenvalue weighted by Crippen LogP contribution is 2.37. The number of nitrogens with one attached hydrogen (secondary N) is 1. The summed E-state index contributed by atoms with van der Waals surface area (Å²) in [5.41, 5.74) is 2.71. The lowest BCUT2D eigenvalue weighted by Crippen LogP contribution is -2.44. The van der Waals surface area contributed by atoms with Crippen LogP contribution in [0.3, 0.4) is 0 Å². The number of amides is 1. The first-order valence-electron chi connectivity index (χ1n) is 7.92. The highest BCUT2D eigenvalue weighted by atomic mass is 32.1. The van der Waals surface area contributed by atoms with Gasteiger partial charge < -0.3 is 10.1 Å². The first-order valence-corrected chi connectivity index (χ1v) is 8.73. The Balaban J connectivity index is 1.91. The number of anilines is 1. The van der Waals surface area contributed by atoms with Crippen LogP contribution in [0.15, 0.2) is 24.3 Å². The van der Waals surface area contributed by atoms with Crippen molar-refractivity contribution in [2.75, 3.05) is 18.5 Å². The van der Waals surface area contributed by atoms with Crippen molar-refractivity contribution in [3.63, 3.8) is 0 Å². The lowest BCUT2D eigenvalue weighted by molar-refractivity contribution is -0.125. The number of carbonyl (C=O) groups is 1. The molecular formula is C18H22N2O2S. The summed E-state index contributed by atoms with van der Waals surface area (Å²) >= 11 is 1.53. The van der Waals surface area contributed by atoms with E-state index >= 15 is 0 Å². The quantitative estimate of drug-likeness (QED) is 0.932. The fourth-order valence-electron chi connectivity index (χ4n) is 2.98. The molecule has 1 fully saturated rings. The Morgan fingerprint density at radius 2 is 1.83 bits per heavy atom. The van der Waals surface area contributed by atoms with Gasteiger partial charge in [0, 0.05) is 18.1 Å². The SMILES string of the molecule is Cc1ccc(C2(C(=O)Nc3nc(C)c(C)s3)CCOCC2)cc1. The van der Waals surface area contributed by atoms with Gasteiger partial charge in [0.05, 0.1) is 11.1 Å². The molecule has 0 unspecified atom stereocenters. The van der Waals surface area contributed by atoms with Gasteiger partial charge in [0.2, 0.25) is 5.91 Å². The van der Waals surface area contributed by atoms with E-state index in [1.165, 1.54) is 16.9 Å². The Labute approximate surface area is 140 Å². The number of rotatable bonds is 3. The van der Waals surface area contributed by atoms with Gasteiger partial charge in [0.25, 0.3) is 0 Å². The Morgan fingerprint density at radius 1 is 1.17 bits per heavy atom. The zero-order valence-corrected chi connectivity index (χ0v) is 14.6. The third-order valence-electron chi connectivity index (χ3n) is 4.63. The van der Waals surface area contributed by atoms with E-state index in [0.29, 0.717) is 31.2 Å². The first-order chi connectivity index (χ1) is 11.0. The van der Waals surface area contributed by atoms with Gasteiger partial charge in [-0.1, -0.05) is 29.8 Å². The number of benzene rings is 1. The Morgan fingerprint density at radius 3 is 2.39 bits per heavy atom. The largest absolute Gasteiger partial charge is 0.381 e. The molecule has 1 N–H and O–H groups in total. The van der Waals surface area contributed by atoms with Gasteiger partial charge in [-0.3, -0.25) is 4.79 Å². The molecule has 23 heavy (non-hydrogen) atoms. The predicted octanol–water partition coefficient (Wildman–Crippen LogP) is 3.76. The normalized spacial score (nSPS) is 17.0. The molecule has 3 rings (SSSR count). The average Bonchev–Trinajstić information content (AvgIpc) is 2.86. The molecule has 1 aromatic carbocycles. The fraction of sp³-hybridized carbons (Fsp3) is 0.444. The van der Waals surface area contributed by atoms with Crippen LogP contribution < -0.4 is 5.32 Å². The zero-order valence-electron chi connectivity index (χ0n) is 13.8. The minimum Gasteiger partial charge on any atom is -0.381 e. The molecule has 1 amide bonds. The topological polar surface area (TPSA) is 51.2 Å². The van der Waals surface area contributed by atoms with Crippen molar-refractivity contribution in [2.45, 2.75) is 39.0 Å². The van der Waals surface area contributed by atoms with E-state index in [2.05, 4.69) is 41.5 Å². The maximum Gasteiger partial charge on any atom is 0.236 e. The van der Waals surface area contributed by atoms with Crippen molar-refractivity contribution >= 4 is 22.4 Å². The molecule has 1 aliphatic heterocycles. The summed E-state index contributed by atoms with van der Waals surface area (Å²) in [7, 11) is 0. The van der Waals surface area contributed by atoms with Crippen LogP contribution in [0, 0.1) is 20.8 Å². The van der Waals surface area contributed by atoms with Crippen LogP contribution in [-0.2, 0) is 14.9 Å². The molecule has 0 radical (unpaired) electrons. The molecule has 0 saturated carbocycles. The molecule has 2 aromatic rings. The standard InChI is InChI=1S/C18H22N2O2S/c1-12-4-6-15(7-5-12)18(8-10-22-11-9-18)16(21)20-17-19-13(2)14(3)23-17/h4-7H,8-11H2,1-3H3,(H,19,20,21). The Bertz CT molecular complexity index is 681. The average molecular weight is 330 g/mol. The minimum absolute atomic E-state index is 0.0263. The van der Waals surface area contributed by atoms with Gasteiger partial charge in [-0.15, -0.1) is 11.3 Å². The first kappa shape index (κ1) is 16.1. The van der Waals surface area contributed by atoms with Gasteiger partial charge in [-0.25, -0.2) is 4.98 Å². The number of ether oxygens (including phenoxy) is 1. The molecule has 0 spiro atoms. The number of hydrogen-bond acceptors (Lipinski definition) is 4. The molecule has 1 aliphatic rings. The van der Waals surface area contributed by atoms with E-state index < -0.39 is 5.41 Å². The highest BCUT2D eigenvalue weighted by Gasteiger charge is 2.42. The third kappa shape index (κ3) is 3.16. The van der Waals surface area contributed by atoms with Gasteiger partial charge in [-0.2, -0.15) is 0 Å². The number of aromatic nitrogens is 1. The molecule has 0 bridgehead atoms. The summed E-state index contributed by atoms with van der Waals surface area (Å²) in [4.78, 5) is 18.7. The monoisotopic (exact) mass is 330 g/mol. The van der Waals surface area contributed by atoms with Gasteiger partial charge >= 0.3 is 0 Å². The van der Waals surface area contributed by atoms with E-state index in [0.717, 1.165) is 16.1 Å². The molecular weight excluding hydrogens is 308 g/mol. The van der Waals surface area contributed by atoms with Crippen LogP contribution in [0.2, 0.25) is 0 Å². The van der Waals surface area contributed by atoms with E-state index in [-0.39, 0.29) is 5.91 Å². The maximum atomic E-state index is 13.1. The summed E-state index contributed by atoms with van der Waals surface area (Å²) in [6, 6.07) is 8.27. The summed E-state index contributed by atoms with van der Waals surface area (Å²) in [5, 5.41) is 3.72. The molecule has 0 aliphatic carbocycles. The van der Waals surface area contributed by atoms with Crippen molar-refractivity contribution in [3.05, 3.63) is 46.0 Å². The molecule has 4 nitrogen and oxygen atoms in total. The van der Waals surface area contributed by atoms with E-state index in [1.807, 2.05) is 13.8 Å². The number of aryl methyl sites for hydroxylation is 3. The van der Waals surface area contributed by atoms with Crippen molar-refractivity contribution in [3.8, 4) is 0 Å². The predicted molar refractivity (Wildman–Crippen MR) is 93.1 cm³/mol. The van der Waals surface area contributed by atoms with Crippen molar-refractivity contribution < 1.29 is 9.53 Å². The molecule has 0 atom stereocenters. The van der Waals surface area contributed by atoms with Crippen molar-refractivity contribution in [1.29, 1.82) is 0 Å². The lowest BCUT2D eigenvalue weighted by Gasteiger charge is -2.36. The van der Waals surface area contributed by atoms with Gasteiger partial charge in [-0.05, 0) is 39.2 Å². The molecule has 1 aromatic heterocycles. The van der Waals surface area contributed by atoms with Crippen molar-refractivity contribution in [1.82, 2.24) is 4.98 Å². The summed E-state index contributed by atoms with van der Waals surface area (Å²) in [5.74, 6) is 0.0263. The minimum atomic E-state index is -0.528. The second-order valence-corrected chi connectivity index (χ2v) is 7.38. The van der Waals surface area contributed by atoms with Crippen LogP contribution >= 0.6 is 11.3 Å².